The van der Waals surface area contributed by atoms with Gasteiger partial charge in [-0.25, -0.2) is 4.39 Å². The predicted molar refractivity (Wildman–Crippen MR) is 65.8 cm³/mol. The average Bonchev–Trinajstić information content (AvgIpc) is 2.91. The van der Waals surface area contributed by atoms with Gasteiger partial charge in [-0.3, -0.25) is 4.79 Å². The van der Waals surface area contributed by atoms with Crippen molar-refractivity contribution in [3.05, 3.63) is 59.7 Å². The monoisotopic (exact) mass is 244 g/mol. The number of hydrogen-bond donors (Lipinski definition) is 2. The van der Waals surface area contributed by atoms with Crippen LogP contribution < -0.4 is 5.32 Å². The third-order valence-corrected chi connectivity index (χ3v) is 3.23. The van der Waals surface area contributed by atoms with Crippen LogP contribution in [-0.4, -0.2) is 16.9 Å². The van der Waals surface area contributed by atoms with Gasteiger partial charge in [0.2, 0.25) is 0 Å². The molecular weight excluding hydrogens is 231 g/mol. The van der Waals surface area contributed by atoms with Gasteiger partial charge in [-0.2, -0.15) is 0 Å². The molecule has 18 heavy (non-hydrogen) atoms. The summed E-state index contributed by atoms with van der Waals surface area (Å²) in [6.07, 6.45) is 2.59. The Hall–Kier alpha value is -2.10. The summed E-state index contributed by atoms with van der Waals surface area (Å²) in [5.41, 5.74) is 1.51. The van der Waals surface area contributed by atoms with Crippen LogP contribution in [0.25, 0.3) is 0 Å². The Morgan fingerprint density at radius 2 is 2.22 bits per heavy atom. The first-order valence-electron chi connectivity index (χ1n) is 5.94. The lowest BCUT2D eigenvalue weighted by Crippen LogP contribution is -2.26. The van der Waals surface area contributed by atoms with Crippen molar-refractivity contribution in [1.82, 2.24) is 10.3 Å². The minimum absolute atomic E-state index is 0.107. The topological polar surface area (TPSA) is 44.9 Å². The van der Waals surface area contributed by atoms with Crippen LogP contribution in [0, 0.1) is 5.82 Å². The Balaban J connectivity index is 1.63. The molecule has 2 N–H and O–H groups in total. The summed E-state index contributed by atoms with van der Waals surface area (Å²) >= 11 is 0. The molecule has 2 atom stereocenters. The van der Waals surface area contributed by atoms with Crippen LogP contribution in [0.2, 0.25) is 0 Å². The second-order valence-electron chi connectivity index (χ2n) is 4.56. The Morgan fingerprint density at radius 3 is 2.94 bits per heavy atom. The number of H-pyrrole nitrogens is 1. The number of rotatable bonds is 3. The number of benzene rings is 1. The average molecular weight is 244 g/mol. The van der Waals surface area contributed by atoms with Gasteiger partial charge in [-0.05, 0) is 36.2 Å². The van der Waals surface area contributed by atoms with Crippen molar-refractivity contribution in [2.24, 2.45) is 0 Å². The molecule has 0 aliphatic heterocycles. The summed E-state index contributed by atoms with van der Waals surface area (Å²) in [6, 6.07) is 10.2. The van der Waals surface area contributed by atoms with E-state index in [-0.39, 0.29) is 23.7 Å². The standard InChI is InChI=1S/C14H13FN2O/c15-10-4-1-3-9(7-10)11-8-13(11)17-14(18)12-5-2-6-16-12/h1-7,11,13,16H,8H2,(H,17,18). The van der Waals surface area contributed by atoms with Gasteiger partial charge in [0.15, 0.2) is 0 Å². The second-order valence-corrected chi connectivity index (χ2v) is 4.56. The van der Waals surface area contributed by atoms with Crippen LogP contribution in [0.1, 0.15) is 28.4 Å². The summed E-state index contributed by atoms with van der Waals surface area (Å²) < 4.78 is 13.1. The quantitative estimate of drug-likeness (QED) is 0.855. The number of carbonyl (C=O) groups is 1. The summed E-state index contributed by atoms with van der Waals surface area (Å²) in [5.74, 6) is -0.0997. The first-order chi connectivity index (χ1) is 8.74. The zero-order valence-electron chi connectivity index (χ0n) is 9.69. The zero-order valence-corrected chi connectivity index (χ0v) is 9.69. The Morgan fingerprint density at radius 1 is 1.33 bits per heavy atom. The highest BCUT2D eigenvalue weighted by Crippen LogP contribution is 2.40. The molecule has 1 aromatic carbocycles. The number of nitrogens with one attached hydrogen (secondary N) is 2. The van der Waals surface area contributed by atoms with Gasteiger partial charge in [0.1, 0.15) is 11.5 Å². The van der Waals surface area contributed by atoms with Gasteiger partial charge in [-0.1, -0.05) is 12.1 Å². The van der Waals surface area contributed by atoms with Crippen LogP contribution >= 0.6 is 0 Å². The van der Waals surface area contributed by atoms with Crippen LogP contribution in [-0.2, 0) is 0 Å². The molecule has 0 radical (unpaired) electrons. The van der Waals surface area contributed by atoms with E-state index in [1.165, 1.54) is 12.1 Å². The fourth-order valence-electron chi connectivity index (χ4n) is 2.18. The molecule has 1 aromatic heterocycles. The molecular formula is C14H13FN2O. The molecule has 1 aliphatic carbocycles. The molecule has 4 heteroatoms. The van der Waals surface area contributed by atoms with Crippen molar-refractivity contribution in [3.63, 3.8) is 0 Å². The van der Waals surface area contributed by atoms with E-state index < -0.39 is 0 Å². The lowest BCUT2D eigenvalue weighted by molar-refractivity contribution is 0.0946. The van der Waals surface area contributed by atoms with E-state index in [4.69, 9.17) is 0 Å². The maximum absolute atomic E-state index is 13.1. The third-order valence-electron chi connectivity index (χ3n) is 3.23. The maximum Gasteiger partial charge on any atom is 0.267 e. The lowest BCUT2D eigenvalue weighted by Gasteiger charge is -2.03. The van der Waals surface area contributed by atoms with Crippen molar-refractivity contribution in [3.8, 4) is 0 Å². The van der Waals surface area contributed by atoms with Crippen LogP contribution in [0.3, 0.4) is 0 Å². The number of aromatic nitrogens is 1. The first-order valence-corrected chi connectivity index (χ1v) is 5.94. The first kappa shape index (κ1) is 11.0. The van der Waals surface area contributed by atoms with Crippen LogP contribution in [0.5, 0.6) is 0 Å². The van der Waals surface area contributed by atoms with Gasteiger partial charge in [0.05, 0.1) is 0 Å². The molecule has 1 saturated carbocycles. The fraction of sp³-hybridized carbons (Fsp3) is 0.214. The van der Waals surface area contributed by atoms with Crippen molar-refractivity contribution in [2.75, 3.05) is 0 Å². The van der Waals surface area contributed by atoms with E-state index in [1.54, 1.807) is 24.4 Å². The number of hydrogen-bond acceptors (Lipinski definition) is 1. The van der Waals surface area contributed by atoms with E-state index in [1.807, 2.05) is 6.07 Å². The van der Waals surface area contributed by atoms with Crippen molar-refractivity contribution in [2.45, 2.75) is 18.4 Å². The number of carbonyl (C=O) groups excluding carboxylic acids is 1. The highest BCUT2D eigenvalue weighted by Gasteiger charge is 2.39. The lowest BCUT2D eigenvalue weighted by atomic mass is 10.1. The van der Waals surface area contributed by atoms with Gasteiger partial charge >= 0.3 is 0 Å². The minimum atomic E-state index is -0.228. The normalized spacial score (nSPS) is 21.6. The summed E-state index contributed by atoms with van der Waals surface area (Å²) in [6.45, 7) is 0. The molecule has 0 spiro atoms. The Labute approximate surface area is 104 Å². The van der Waals surface area contributed by atoms with Crippen molar-refractivity contribution >= 4 is 5.91 Å². The highest BCUT2D eigenvalue weighted by molar-refractivity contribution is 5.92. The van der Waals surface area contributed by atoms with Crippen LogP contribution in [0.15, 0.2) is 42.6 Å². The SMILES string of the molecule is O=C(NC1CC1c1cccc(F)c1)c1ccc[nH]1. The fourth-order valence-corrected chi connectivity index (χ4v) is 2.18. The number of aromatic amines is 1. The molecule has 92 valence electrons. The minimum Gasteiger partial charge on any atom is -0.357 e. The van der Waals surface area contributed by atoms with Gasteiger partial charge < -0.3 is 10.3 Å². The van der Waals surface area contributed by atoms with Gasteiger partial charge in [0, 0.05) is 18.2 Å². The van der Waals surface area contributed by atoms with E-state index in [2.05, 4.69) is 10.3 Å². The molecule has 0 bridgehead atoms. The zero-order chi connectivity index (χ0) is 12.5. The molecule has 1 aliphatic rings. The molecule has 2 aromatic rings. The summed E-state index contributed by atoms with van der Waals surface area (Å²) in [4.78, 5) is 14.6. The molecule has 0 saturated heterocycles. The molecule has 1 amide bonds. The predicted octanol–water partition coefficient (Wildman–Crippen LogP) is 2.44. The molecule has 2 unspecified atom stereocenters. The Kier molecular flexibility index (Phi) is 2.63. The van der Waals surface area contributed by atoms with Gasteiger partial charge in [0.25, 0.3) is 5.91 Å². The van der Waals surface area contributed by atoms with Crippen molar-refractivity contribution < 1.29 is 9.18 Å². The van der Waals surface area contributed by atoms with Crippen LogP contribution in [0.4, 0.5) is 4.39 Å². The van der Waals surface area contributed by atoms with Crippen molar-refractivity contribution in [1.29, 1.82) is 0 Å². The Bertz CT molecular complexity index is 565. The molecule has 1 fully saturated rings. The maximum atomic E-state index is 13.1. The summed E-state index contributed by atoms with van der Waals surface area (Å²) in [5, 5.41) is 2.93. The largest absolute Gasteiger partial charge is 0.357 e. The number of amides is 1. The molecule has 3 nitrogen and oxygen atoms in total. The number of halogens is 1. The third kappa shape index (κ3) is 2.14. The second kappa shape index (κ2) is 4.29. The molecule has 1 heterocycles. The van der Waals surface area contributed by atoms with E-state index in [9.17, 15) is 9.18 Å². The summed E-state index contributed by atoms with van der Waals surface area (Å²) in [7, 11) is 0. The van der Waals surface area contributed by atoms with E-state index >= 15 is 0 Å². The van der Waals surface area contributed by atoms with Gasteiger partial charge in [-0.15, -0.1) is 0 Å². The smallest absolute Gasteiger partial charge is 0.267 e. The highest BCUT2D eigenvalue weighted by atomic mass is 19.1. The molecule has 3 rings (SSSR count). The van der Waals surface area contributed by atoms with E-state index in [0.29, 0.717) is 5.69 Å². The van der Waals surface area contributed by atoms with E-state index in [0.717, 1.165) is 12.0 Å².